The van der Waals surface area contributed by atoms with Gasteiger partial charge < -0.3 is 15.2 Å². The van der Waals surface area contributed by atoms with Crippen molar-refractivity contribution in [2.75, 3.05) is 13.2 Å². The Labute approximate surface area is 123 Å². The molecule has 0 aliphatic heterocycles. The zero-order valence-electron chi connectivity index (χ0n) is 12.5. The second-order valence-electron chi connectivity index (χ2n) is 5.08. The van der Waals surface area contributed by atoms with Crippen molar-refractivity contribution in [2.24, 2.45) is 5.41 Å². The molecule has 0 radical (unpaired) electrons. The Bertz CT molecular complexity index is 405. The molecule has 0 unspecified atom stereocenters. The summed E-state index contributed by atoms with van der Waals surface area (Å²) >= 11 is 0. The first-order valence-corrected chi connectivity index (χ1v) is 6.65. The first-order chi connectivity index (χ1) is 9.69. The molecular formula is C13H22N2O6. The average Bonchev–Trinajstić information content (AvgIpc) is 2.34. The van der Waals surface area contributed by atoms with E-state index in [0.29, 0.717) is 13.0 Å². The van der Waals surface area contributed by atoms with Crippen molar-refractivity contribution < 1.29 is 29.0 Å². The normalized spacial score (nSPS) is 10.6. The van der Waals surface area contributed by atoms with E-state index in [1.165, 1.54) is 13.8 Å². The molecule has 0 aromatic rings. The van der Waals surface area contributed by atoms with Gasteiger partial charge in [-0.3, -0.25) is 19.7 Å². The number of hydrogen-bond donors (Lipinski definition) is 3. The average molecular weight is 302 g/mol. The monoisotopic (exact) mass is 302 g/mol. The Balaban J connectivity index is 3.92. The largest absolute Gasteiger partial charge is 0.481 e. The number of carboxylic acid groups (broad SMARTS) is 1. The van der Waals surface area contributed by atoms with Crippen molar-refractivity contribution in [2.45, 2.75) is 40.0 Å². The molecule has 8 heteroatoms. The molecule has 120 valence electrons. The molecule has 3 N–H and O–H groups in total. The summed E-state index contributed by atoms with van der Waals surface area (Å²) in [5, 5.41) is 13.3. The first kappa shape index (κ1) is 18.9. The summed E-state index contributed by atoms with van der Waals surface area (Å²) in [6.07, 6.45) is 0.258. The summed E-state index contributed by atoms with van der Waals surface area (Å²) in [5.41, 5.74) is -1.24. The van der Waals surface area contributed by atoms with Crippen molar-refractivity contribution >= 4 is 23.9 Å². The van der Waals surface area contributed by atoms with E-state index < -0.39 is 23.3 Å². The lowest BCUT2D eigenvalue weighted by molar-refractivity contribution is -0.149. The van der Waals surface area contributed by atoms with Gasteiger partial charge in [0.15, 0.2) is 0 Å². The second-order valence-corrected chi connectivity index (χ2v) is 5.08. The van der Waals surface area contributed by atoms with Crippen molar-refractivity contribution in [3.8, 4) is 0 Å². The standard InChI is InChI=1S/C13H22N2O6/c1-4-21-10(17)6-5-7-14-12(20)15-9(16)8-13(2,3)11(18)19/h4-8H2,1-3H3,(H,18,19)(H2,14,15,16,20). The van der Waals surface area contributed by atoms with Crippen LogP contribution in [0, 0.1) is 5.41 Å². The van der Waals surface area contributed by atoms with E-state index in [0.717, 1.165) is 0 Å². The minimum atomic E-state index is -1.24. The number of carbonyl (C=O) groups excluding carboxylic acids is 3. The van der Waals surface area contributed by atoms with Crippen LogP contribution in [0.3, 0.4) is 0 Å². The highest BCUT2D eigenvalue weighted by Crippen LogP contribution is 2.19. The molecule has 0 aliphatic rings. The number of carbonyl (C=O) groups is 4. The number of rotatable bonds is 8. The fourth-order valence-electron chi connectivity index (χ4n) is 1.36. The summed E-state index contributed by atoms with van der Waals surface area (Å²) in [6.45, 7) is 5.01. The molecule has 0 fully saturated rings. The van der Waals surface area contributed by atoms with Crippen LogP contribution in [-0.4, -0.2) is 42.1 Å². The van der Waals surface area contributed by atoms with Crippen molar-refractivity contribution in [3.63, 3.8) is 0 Å². The third-order valence-corrected chi connectivity index (χ3v) is 2.58. The maximum Gasteiger partial charge on any atom is 0.321 e. The summed E-state index contributed by atoms with van der Waals surface area (Å²) in [4.78, 5) is 44.7. The van der Waals surface area contributed by atoms with E-state index in [-0.39, 0.29) is 25.4 Å². The Kier molecular flexibility index (Phi) is 8.03. The Hall–Kier alpha value is -2.12. The number of nitrogens with one attached hydrogen (secondary N) is 2. The highest BCUT2D eigenvalue weighted by Gasteiger charge is 2.30. The highest BCUT2D eigenvalue weighted by molar-refractivity contribution is 5.96. The molecule has 0 atom stereocenters. The van der Waals surface area contributed by atoms with Gasteiger partial charge in [0.05, 0.1) is 12.0 Å². The van der Waals surface area contributed by atoms with Crippen LogP contribution in [0.15, 0.2) is 0 Å². The Morgan fingerprint density at radius 3 is 2.33 bits per heavy atom. The Morgan fingerprint density at radius 1 is 1.19 bits per heavy atom. The fraction of sp³-hybridized carbons (Fsp3) is 0.692. The molecule has 0 aliphatic carbocycles. The summed E-state index contributed by atoms with van der Waals surface area (Å²) in [7, 11) is 0. The molecule has 0 aromatic carbocycles. The molecule has 0 spiro atoms. The number of esters is 1. The molecule has 0 saturated heterocycles. The lowest BCUT2D eigenvalue weighted by atomic mass is 9.89. The first-order valence-electron chi connectivity index (χ1n) is 6.65. The van der Waals surface area contributed by atoms with E-state index in [4.69, 9.17) is 9.84 Å². The van der Waals surface area contributed by atoms with Crippen LogP contribution in [0.1, 0.15) is 40.0 Å². The molecule has 0 rings (SSSR count). The quantitative estimate of drug-likeness (QED) is 0.447. The van der Waals surface area contributed by atoms with Crippen molar-refractivity contribution in [1.29, 1.82) is 0 Å². The van der Waals surface area contributed by atoms with Gasteiger partial charge in [0.25, 0.3) is 0 Å². The van der Waals surface area contributed by atoms with Gasteiger partial charge in [-0.2, -0.15) is 0 Å². The molecule has 3 amide bonds. The SMILES string of the molecule is CCOC(=O)CCCNC(=O)NC(=O)CC(C)(C)C(=O)O. The third kappa shape index (κ3) is 8.61. The zero-order chi connectivity index (χ0) is 16.5. The van der Waals surface area contributed by atoms with Gasteiger partial charge in [0, 0.05) is 19.4 Å². The van der Waals surface area contributed by atoms with E-state index >= 15 is 0 Å². The molecule has 0 bridgehead atoms. The van der Waals surface area contributed by atoms with Gasteiger partial charge in [0.2, 0.25) is 5.91 Å². The topological polar surface area (TPSA) is 122 Å². The lowest BCUT2D eigenvalue weighted by Gasteiger charge is -2.17. The van der Waals surface area contributed by atoms with Gasteiger partial charge in [-0.25, -0.2) is 4.79 Å². The van der Waals surface area contributed by atoms with Crippen LogP contribution >= 0.6 is 0 Å². The molecule has 0 heterocycles. The predicted octanol–water partition coefficient (Wildman–Crippen LogP) is 0.656. The number of aliphatic carboxylic acids is 1. The maximum atomic E-state index is 11.5. The van der Waals surface area contributed by atoms with Crippen LogP contribution in [0.2, 0.25) is 0 Å². The van der Waals surface area contributed by atoms with Gasteiger partial charge in [-0.15, -0.1) is 0 Å². The highest BCUT2D eigenvalue weighted by atomic mass is 16.5. The van der Waals surface area contributed by atoms with Crippen LogP contribution < -0.4 is 10.6 Å². The minimum absolute atomic E-state index is 0.175. The van der Waals surface area contributed by atoms with E-state index in [9.17, 15) is 19.2 Å². The molecule has 0 aromatic heterocycles. The number of urea groups is 1. The molecule has 8 nitrogen and oxygen atoms in total. The summed E-state index contributed by atoms with van der Waals surface area (Å²) in [5.74, 6) is -2.14. The van der Waals surface area contributed by atoms with Crippen molar-refractivity contribution in [3.05, 3.63) is 0 Å². The maximum absolute atomic E-state index is 11.5. The Morgan fingerprint density at radius 2 is 1.81 bits per heavy atom. The van der Waals surface area contributed by atoms with E-state index in [1.807, 2.05) is 5.32 Å². The van der Waals surface area contributed by atoms with Crippen molar-refractivity contribution in [1.82, 2.24) is 10.6 Å². The third-order valence-electron chi connectivity index (χ3n) is 2.58. The van der Waals surface area contributed by atoms with Crippen LogP contribution in [0.25, 0.3) is 0 Å². The van der Waals surface area contributed by atoms with Crippen LogP contribution in [0.5, 0.6) is 0 Å². The van der Waals surface area contributed by atoms with Gasteiger partial charge in [-0.05, 0) is 27.2 Å². The number of ether oxygens (including phenoxy) is 1. The number of carboxylic acids is 1. The smallest absolute Gasteiger partial charge is 0.321 e. The van der Waals surface area contributed by atoms with E-state index in [1.54, 1.807) is 6.92 Å². The van der Waals surface area contributed by atoms with Gasteiger partial charge in [-0.1, -0.05) is 0 Å². The molecule has 21 heavy (non-hydrogen) atoms. The molecule has 0 saturated carbocycles. The van der Waals surface area contributed by atoms with Gasteiger partial charge in [0.1, 0.15) is 0 Å². The lowest BCUT2D eigenvalue weighted by Crippen LogP contribution is -2.42. The second kappa shape index (κ2) is 8.93. The van der Waals surface area contributed by atoms with E-state index in [2.05, 4.69) is 5.32 Å². The van der Waals surface area contributed by atoms with Crippen LogP contribution in [-0.2, 0) is 19.1 Å². The predicted molar refractivity (Wildman–Crippen MR) is 73.4 cm³/mol. The van der Waals surface area contributed by atoms with Gasteiger partial charge >= 0.3 is 18.0 Å². The fourth-order valence-corrected chi connectivity index (χ4v) is 1.36. The zero-order valence-corrected chi connectivity index (χ0v) is 12.5. The van der Waals surface area contributed by atoms with Crippen LogP contribution in [0.4, 0.5) is 4.79 Å². The molecular weight excluding hydrogens is 280 g/mol. The summed E-state index contributed by atoms with van der Waals surface area (Å²) in [6, 6.07) is -0.718. The number of amides is 3. The summed E-state index contributed by atoms with van der Waals surface area (Å²) < 4.78 is 4.71. The number of hydrogen-bond acceptors (Lipinski definition) is 5. The number of imide groups is 1. The minimum Gasteiger partial charge on any atom is -0.481 e.